The van der Waals surface area contributed by atoms with Gasteiger partial charge >= 0.3 is 5.97 Å². The van der Waals surface area contributed by atoms with Crippen molar-refractivity contribution in [2.24, 2.45) is 5.92 Å². The van der Waals surface area contributed by atoms with E-state index in [0.29, 0.717) is 13.2 Å². The Hall–Kier alpha value is -1.01. The summed E-state index contributed by atoms with van der Waals surface area (Å²) in [6, 6.07) is 0. The molecule has 0 aliphatic rings. The molecule has 0 radical (unpaired) electrons. The van der Waals surface area contributed by atoms with E-state index in [-0.39, 0.29) is 11.9 Å². The molecule has 0 bridgehead atoms. The Balaban J connectivity index is 4.55. The maximum atomic E-state index is 11.7. The monoisotopic (exact) mass is 197 g/mol. The first kappa shape index (κ1) is 13.0. The van der Waals surface area contributed by atoms with Crippen molar-refractivity contribution in [1.82, 2.24) is 5.32 Å². The van der Waals surface area contributed by atoms with Crippen LogP contribution < -0.4 is 5.32 Å². The van der Waals surface area contributed by atoms with Crippen LogP contribution in [0.2, 0.25) is 0 Å². The highest BCUT2D eigenvalue weighted by atomic mass is 16.5. The van der Waals surface area contributed by atoms with Crippen LogP contribution in [0.4, 0.5) is 0 Å². The van der Waals surface area contributed by atoms with Gasteiger partial charge in [-0.25, -0.2) is 0 Å². The smallest absolute Gasteiger partial charge is 0.326 e. The normalized spacial score (nSPS) is 14.6. The van der Waals surface area contributed by atoms with Crippen LogP contribution in [0.25, 0.3) is 0 Å². The quantitative estimate of drug-likeness (QED) is 0.531. The van der Waals surface area contributed by atoms with Gasteiger partial charge in [-0.15, -0.1) is 6.42 Å². The van der Waals surface area contributed by atoms with Crippen LogP contribution in [0.1, 0.15) is 27.7 Å². The lowest BCUT2D eigenvalue weighted by Gasteiger charge is -2.31. The van der Waals surface area contributed by atoms with Crippen molar-refractivity contribution in [3.63, 3.8) is 0 Å². The number of rotatable bonds is 5. The molecule has 0 aliphatic carbocycles. The summed E-state index contributed by atoms with van der Waals surface area (Å²) in [5.74, 6) is 2.35. The van der Waals surface area contributed by atoms with Gasteiger partial charge in [0, 0.05) is 0 Å². The van der Waals surface area contributed by atoms with Crippen molar-refractivity contribution in [2.45, 2.75) is 33.2 Å². The molecule has 0 saturated carbocycles. The molecule has 0 aliphatic heterocycles. The predicted octanol–water partition coefficient (Wildman–Crippen LogP) is 1.19. The molecule has 0 aromatic rings. The van der Waals surface area contributed by atoms with E-state index in [1.165, 1.54) is 0 Å². The van der Waals surface area contributed by atoms with E-state index < -0.39 is 5.54 Å². The second kappa shape index (κ2) is 5.66. The minimum atomic E-state index is -0.692. The molecular weight excluding hydrogens is 178 g/mol. The van der Waals surface area contributed by atoms with Crippen LogP contribution >= 0.6 is 0 Å². The third kappa shape index (κ3) is 3.04. The van der Waals surface area contributed by atoms with Gasteiger partial charge in [0.15, 0.2) is 0 Å². The first-order valence-corrected chi connectivity index (χ1v) is 4.84. The molecule has 1 atom stereocenters. The SMILES string of the molecule is C#CCNC(C)(C(=O)OCC)C(C)C. The molecule has 0 spiro atoms. The number of hydrogen-bond donors (Lipinski definition) is 1. The number of carbonyl (C=O) groups excluding carboxylic acids is 1. The number of esters is 1. The average Bonchev–Trinajstić information content (AvgIpc) is 2.14. The number of nitrogens with one attached hydrogen (secondary N) is 1. The lowest BCUT2D eigenvalue weighted by molar-refractivity contribution is -0.152. The molecule has 0 rings (SSSR count). The molecule has 14 heavy (non-hydrogen) atoms. The summed E-state index contributed by atoms with van der Waals surface area (Å²) in [5.41, 5.74) is -0.692. The molecule has 0 aromatic heterocycles. The summed E-state index contributed by atoms with van der Waals surface area (Å²) < 4.78 is 5.00. The summed E-state index contributed by atoms with van der Waals surface area (Å²) in [5, 5.41) is 3.02. The van der Waals surface area contributed by atoms with Gasteiger partial charge in [0.25, 0.3) is 0 Å². The minimum Gasteiger partial charge on any atom is -0.465 e. The van der Waals surface area contributed by atoms with E-state index in [9.17, 15) is 4.79 Å². The summed E-state index contributed by atoms with van der Waals surface area (Å²) in [6.07, 6.45) is 5.15. The highest BCUT2D eigenvalue weighted by Crippen LogP contribution is 2.18. The van der Waals surface area contributed by atoms with Crippen LogP contribution in [0.3, 0.4) is 0 Å². The molecule has 0 fully saturated rings. The summed E-state index contributed by atoms with van der Waals surface area (Å²) >= 11 is 0. The van der Waals surface area contributed by atoms with Crippen LogP contribution in [-0.4, -0.2) is 24.7 Å². The molecule has 1 N–H and O–H groups in total. The highest BCUT2D eigenvalue weighted by molar-refractivity contribution is 5.80. The number of carbonyl (C=O) groups is 1. The van der Waals surface area contributed by atoms with Crippen LogP contribution in [0, 0.1) is 18.3 Å². The molecule has 0 amide bonds. The number of hydrogen-bond acceptors (Lipinski definition) is 3. The van der Waals surface area contributed by atoms with Gasteiger partial charge in [-0.3, -0.25) is 10.1 Å². The molecule has 3 nitrogen and oxygen atoms in total. The Morgan fingerprint density at radius 1 is 1.64 bits per heavy atom. The van der Waals surface area contributed by atoms with Crippen molar-refractivity contribution in [3.8, 4) is 12.3 Å². The number of ether oxygens (including phenoxy) is 1. The van der Waals surface area contributed by atoms with E-state index in [0.717, 1.165) is 0 Å². The molecule has 80 valence electrons. The Labute approximate surface area is 86.2 Å². The van der Waals surface area contributed by atoms with Gasteiger partial charge in [0.2, 0.25) is 0 Å². The zero-order chi connectivity index (χ0) is 11.2. The Morgan fingerprint density at radius 3 is 2.57 bits per heavy atom. The van der Waals surface area contributed by atoms with E-state index in [4.69, 9.17) is 11.2 Å². The van der Waals surface area contributed by atoms with Crippen LogP contribution in [0.5, 0.6) is 0 Å². The fourth-order valence-corrected chi connectivity index (χ4v) is 1.03. The van der Waals surface area contributed by atoms with E-state index in [1.54, 1.807) is 6.92 Å². The summed E-state index contributed by atoms with van der Waals surface area (Å²) in [4.78, 5) is 11.7. The van der Waals surface area contributed by atoms with Crippen molar-refractivity contribution in [3.05, 3.63) is 0 Å². The third-order valence-electron chi connectivity index (χ3n) is 2.41. The summed E-state index contributed by atoms with van der Waals surface area (Å²) in [6.45, 7) is 8.28. The molecule has 1 unspecified atom stereocenters. The zero-order valence-corrected chi connectivity index (χ0v) is 9.39. The third-order valence-corrected chi connectivity index (χ3v) is 2.41. The van der Waals surface area contributed by atoms with Gasteiger partial charge < -0.3 is 4.74 Å². The van der Waals surface area contributed by atoms with Gasteiger partial charge in [0.1, 0.15) is 5.54 Å². The molecule has 0 aromatic carbocycles. The van der Waals surface area contributed by atoms with E-state index in [2.05, 4.69) is 11.2 Å². The van der Waals surface area contributed by atoms with Gasteiger partial charge in [0.05, 0.1) is 13.2 Å². The second-order valence-corrected chi connectivity index (χ2v) is 3.64. The molecular formula is C11H19NO2. The highest BCUT2D eigenvalue weighted by Gasteiger charge is 2.37. The standard InChI is InChI=1S/C11H19NO2/c1-6-8-12-11(5,9(3)4)10(13)14-7-2/h1,9,12H,7-8H2,2-5H3. The lowest BCUT2D eigenvalue weighted by Crippen LogP contribution is -2.54. The van der Waals surface area contributed by atoms with Crippen molar-refractivity contribution >= 4 is 5.97 Å². The summed E-state index contributed by atoms with van der Waals surface area (Å²) in [7, 11) is 0. The fourth-order valence-electron chi connectivity index (χ4n) is 1.03. The van der Waals surface area contributed by atoms with Crippen molar-refractivity contribution in [2.75, 3.05) is 13.2 Å². The average molecular weight is 197 g/mol. The Morgan fingerprint density at radius 2 is 2.21 bits per heavy atom. The number of terminal acetylenes is 1. The van der Waals surface area contributed by atoms with Crippen molar-refractivity contribution < 1.29 is 9.53 Å². The fraction of sp³-hybridized carbons (Fsp3) is 0.727. The second-order valence-electron chi connectivity index (χ2n) is 3.64. The first-order valence-electron chi connectivity index (χ1n) is 4.84. The molecule has 0 saturated heterocycles. The van der Waals surface area contributed by atoms with Crippen molar-refractivity contribution in [1.29, 1.82) is 0 Å². The minimum absolute atomic E-state index is 0.134. The predicted molar refractivity (Wildman–Crippen MR) is 56.7 cm³/mol. The van der Waals surface area contributed by atoms with Crippen LogP contribution in [-0.2, 0) is 9.53 Å². The van der Waals surface area contributed by atoms with Crippen LogP contribution in [0.15, 0.2) is 0 Å². The van der Waals surface area contributed by atoms with E-state index >= 15 is 0 Å². The van der Waals surface area contributed by atoms with Gasteiger partial charge in [-0.2, -0.15) is 0 Å². The Bertz CT molecular complexity index is 230. The van der Waals surface area contributed by atoms with Gasteiger partial charge in [-0.1, -0.05) is 19.8 Å². The lowest BCUT2D eigenvalue weighted by atomic mass is 9.88. The Kier molecular flexibility index (Phi) is 5.26. The zero-order valence-electron chi connectivity index (χ0n) is 9.39. The largest absolute Gasteiger partial charge is 0.465 e. The van der Waals surface area contributed by atoms with E-state index in [1.807, 2.05) is 20.8 Å². The van der Waals surface area contributed by atoms with Gasteiger partial charge in [-0.05, 0) is 19.8 Å². The topological polar surface area (TPSA) is 38.3 Å². The molecule has 3 heteroatoms. The maximum Gasteiger partial charge on any atom is 0.326 e. The maximum absolute atomic E-state index is 11.7. The first-order chi connectivity index (χ1) is 6.49. The molecule has 0 heterocycles.